The summed E-state index contributed by atoms with van der Waals surface area (Å²) < 4.78 is 2.15. The highest BCUT2D eigenvalue weighted by molar-refractivity contribution is 5.24. The molecule has 3 heteroatoms. The number of hydrogen-bond acceptors (Lipinski definition) is 2. The van der Waals surface area contributed by atoms with Crippen LogP contribution in [0.15, 0.2) is 42.6 Å². The Bertz CT molecular complexity index is 518. The number of hydrogen-bond donors (Lipinski definition) is 1. The third-order valence-corrected chi connectivity index (χ3v) is 3.94. The number of rotatable bonds is 8. The Morgan fingerprint density at radius 3 is 2.52 bits per heavy atom. The van der Waals surface area contributed by atoms with Crippen LogP contribution in [0.25, 0.3) is 0 Å². The first kappa shape index (κ1) is 15.8. The average Bonchev–Trinajstić information content (AvgIpc) is 2.97. The predicted molar refractivity (Wildman–Crippen MR) is 88.4 cm³/mol. The van der Waals surface area contributed by atoms with E-state index in [1.54, 1.807) is 0 Å². The van der Waals surface area contributed by atoms with Gasteiger partial charge in [0.25, 0.3) is 0 Å². The van der Waals surface area contributed by atoms with E-state index in [4.69, 9.17) is 0 Å². The van der Waals surface area contributed by atoms with Crippen molar-refractivity contribution >= 4 is 0 Å². The summed E-state index contributed by atoms with van der Waals surface area (Å²) in [5.74, 6) is 0.421. The molecule has 0 aliphatic rings. The zero-order valence-corrected chi connectivity index (χ0v) is 13.4. The molecule has 0 spiro atoms. The SMILES string of the molecule is CCCNC(c1ccnn1CCC)C(C)c1ccccc1. The minimum absolute atomic E-state index is 0.307. The fourth-order valence-corrected chi connectivity index (χ4v) is 2.79. The molecule has 21 heavy (non-hydrogen) atoms. The molecule has 0 fully saturated rings. The van der Waals surface area contributed by atoms with Crippen LogP contribution in [0.2, 0.25) is 0 Å². The minimum atomic E-state index is 0.307. The molecule has 0 saturated carbocycles. The second-order valence-corrected chi connectivity index (χ2v) is 5.61. The van der Waals surface area contributed by atoms with E-state index in [9.17, 15) is 0 Å². The zero-order valence-electron chi connectivity index (χ0n) is 13.4. The highest BCUT2D eigenvalue weighted by Crippen LogP contribution is 2.30. The maximum Gasteiger partial charge on any atom is 0.0559 e. The Kier molecular flexibility index (Phi) is 6.00. The largest absolute Gasteiger partial charge is 0.308 e. The van der Waals surface area contributed by atoms with Crippen LogP contribution in [-0.4, -0.2) is 16.3 Å². The van der Waals surface area contributed by atoms with Crippen molar-refractivity contribution in [3.8, 4) is 0 Å². The molecular formula is C18H27N3. The van der Waals surface area contributed by atoms with Crippen LogP contribution in [0.3, 0.4) is 0 Å². The lowest BCUT2D eigenvalue weighted by Crippen LogP contribution is -2.29. The van der Waals surface area contributed by atoms with Gasteiger partial charge in [0.15, 0.2) is 0 Å². The van der Waals surface area contributed by atoms with Gasteiger partial charge in [-0.3, -0.25) is 4.68 Å². The van der Waals surface area contributed by atoms with Gasteiger partial charge >= 0.3 is 0 Å². The van der Waals surface area contributed by atoms with Crippen LogP contribution >= 0.6 is 0 Å². The quantitative estimate of drug-likeness (QED) is 0.790. The van der Waals surface area contributed by atoms with Crippen molar-refractivity contribution < 1.29 is 0 Å². The number of aryl methyl sites for hydroxylation is 1. The number of aromatic nitrogens is 2. The molecule has 2 rings (SSSR count). The number of nitrogens with zero attached hydrogens (tertiary/aromatic N) is 2. The molecule has 2 atom stereocenters. The minimum Gasteiger partial charge on any atom is -0.308 e. The third kappa shape index (κ3) is 3.94. The van der Waals surface area contributed by atoms with Crippen molar-refractivity contribution in [1.82, 2.24) is 15.1 Å². The first-order chi connectivity index (χ1) is 10.3. The molecular weight excluding hydrogens is 258 g/mol. The van der Waals surface area contributed by atoms with Crippen molar-refractivity contribution in [2.45, 2.75) is 52.1 Å². The molecule has 0 amide bonds. The number of benzene rings is 1. The molecule has 0 radical (unpaired) electrons. The second-order valence-electron chi connectivity index (χ2n) is 5.61. The molecule has 114 valence electrons. The molecule has 1 aromatic carbocycles. The summed E-state index contributed by atoms with van der Waals surface area (Å²) in [6.07, 6.45) is 4.16. The van der Waals surface area contributed by atoms with Crippen molar-refractivity contribution in [2.75, 3.05) is 6.54 Å². The summed E-state index contributed by atoms with van der Waals surface area (Å²) >= 11 is 0. The van der Waals surface area contributed by atoms with Crippen molar-refractivity contribution in [1.29, 1.82) is 0 Å². The van der Waals surface area contributed by atoms with Gasteiger partial charge in [0.05, 0.1) is 11.7 Å². The van der Waals surface area contributed by atoms with Gasteiger partial charge in [-0.1, -0.05) is 51.1 Å². The molecule has 1 N–H and O–H groups in total. The topological polar surface area (TPSA) is 29.9 Å². The monoisotopic (exact) mass is 285 g/mol. The van der Waals surface area contributed by atoms with E-state index < -0.39 is 0 Å². The van der Waals surface area contributed by atoms with Gasteiger partial charge in [0.2, 0.25) is 0 Å². The molecule has 1 heterocycles. The normalized spacial score (nSPS) is 14.0. The number of nitrogens with one attached hydrogen (secondary N) is 1. The predicted octanol–water partition coefficient (Wildman–Crippen LogP) is 4.14. The summed E-state index contributed by atoms with van der Waals surface area (Å²) in [7, 11) is 0. The van der Waals surface area contributed by atoms with E-state index in [0.29, 0.717) is 12.0 Å². The molecule has 0 aliphatic heterocycles. The van der Waals surface area contributed by atoms with Crippen LogP contribution in [0.4, 0.5) is 0 Å². The Morgan fingerprint density at radius 1 is 1.10 bits per heavy atom. The van der Waals surface area contributed by atoms with E-state index >= 15 is 0 Å². The Balaban J connectivity index is 2.27. The van der Waals surface area contributed by atoms with Crippen LogP contribution in [-0.2, 0) is 6.54 Å². The van der Waals surface area contributed by atoms with Crippen molar-refractivity contribution in [2.24, 2.45) is 0 Å². The maximum absolute atomic E-state index is 4.49. The lowest BCUT2D eigenvalue weighted by Gasteiger charge is -2.26. The third-order valence-electron chi connectivity index (χ3n) is 3.94. The van der Waals surface area contributed by atoms with Crippen LogP contribution < -0.4 is 5.32 Å². The fourth-order valence-electron chi connectivity index (χ4n) is 2.79. The van der Waals surface area contributed by atoms with Gasteiger partial charge < -0.3 is 5.32 Å². The highest BCUT2D eigenvalue weighted by Gasteiger charge is 2.23. The Morgan fingerprint density at radius 2 is 1.86 bits per heavy atom. The van der Waals surface area contributed by atoms with E-state index in [0.717, 1.165) is 25.9 Å². The summed E-state index contributed by atoms with van der Waals surface area (Å²) in [5, 5.41) is 8.20. The second kappa shape index (κ2) is 7.99. The van der Waals surface area contributed by atoms with E-state index in [-0.39, 0.29) is 0 Å². The molecule has 2 unspecified atom stereocenters. The van der Waals surface area contributed by atoms with Crippen molar-refractivity contribution in [3.63, 3.8) is 0 Å². The molecule has 0 aliphatic carbocycles. The molecule has 1 aromatic heterocycles. The van der Waals surface area contributed by atoms with Gasteiger partial charge in [-0.15, -0.1) is 0 Å². The lowest BCUT2D eigenvalue weighted by molar-refractivity contribution is 0.424. The van der Waals surface area contributed by atoms with Crippen LogP contribution in [0.1, 0.15) is 56.8 Å². The zero-order chi connectivity index (χ0) is 15.1. The highest BCUT2D eigenvalue weighted by atomic mass is 15.3. The maximum atomic E-state index is 4.49. The van der Waals surface area contributed by atoms with Gasteiger partial charge in [0, 0.05) is 18.7 Å². The smallest absolute Gasteiger partial charge is 0.0559 e. The molecule has 0 bridgehead atoms. The van der Waals surface area contributed by atoms with Gasteiger partial charge in [-0.25, -0.2) is 0 Å². The first-order valence-electron chi connectivity index (χ1n) is 8.08. The van der Waals surface area contributed by atoms with Gasteiger partial charge in [-0.2, -0.15) is 5.10 Å². The van der Waals surface area contributed by atoms with E-state index in [2.05, 4.69) is 72.3 Å². The fraction of sp³-hybridized carbons (Fsp3) is 0.500. The Labute approximate surface area is 128 Å². The first-order valence-corrected chi connectivity index (χ1v) is 8.08. The van der Waals surface area contributed by atoms with Crippen LogP contribution in [0.5, 0.6) is 0 Å². The summed E-state index contributed by atoms with van der Waals surface area (Å²) in [6.45, 7) is 8.71. The summed E-state index contributed by atoms with van der Waals surface area (Å²) in [6, 6.07) is 13.2. The molecule has 2 aromatic rings. The van der Waals surface area contributed by atoms with Crippen LogP contribution in [0, 0.1) is 0 Å². The van der Waals surface area contributed by atoms with Gasteiger partial charge in [0.1, 0.15) is 0 Å². The van der Waals surface area contributed by atoms with Gasteiger partial charge in [-0.05, 0) is 31.0 Å². The lowest BCUT2D eigenvalue weighted by atomic mass is 9.91. The average molecular weight is 285 g/mol. The van der Waals surface area contributed by atoms with Crippen molar-refractivity contribution in [3.05, 3.63) is 53.9 Å². The molecule has 0 saturated heterocycles. The van der Waals surface area contributed by atoms with E-state index in [1.807, 2.05) is 6.20 Å². The summed E-state index contributed by atoms with van der Waals surface area (Å²) in [5.41, 5.74) is 2.66. The summed E-state index contributed by atoms with van der Waals surface area (Å²) in [4.78, 5) is 0. The van der Waals surface area contributed by atoms with E-state index in [1.165, 1.54) is 11.3 Å². The molecule has 3 nitrogen and oxygen atoms in total. The standard InChI is InChI=1S/C18H27N3/c1-4-12-19-18(15(3)16-9-7-6-8-10-16)17-11-13-20-21(17)14-5-2/h6-11,13,15,18-19H,4-5,12,14H2,1-3H3. The Hall–Kier alpha value is -1.61.